The van der Waals surface area contributed by atoms with E-state index in [9.17, 15) is 13.2 Å². The van der Waals surface area contributed by atoms with E-state index >= 15 is 0 Å². The summed E-state index contributed by atoms with van der Waals surface area (Å²) >= 11 is 12.1. The van der Waals surface area contributed by atoms with Gasteiger partial charge in [0, 0.05) is 15.6 Å². The number of hydrogen-bond acceptors (Lipinski definition) is 5. The van der Waals surface area contributed by atoms with Crippen molar-refractivity contribution >= 4 is 50.2 Å². The lowest BCUT2D eigenvalue weighted by Crippen LogP contribution is -2.42. The van der Waals surface area contributed by atoms with Crippen LogP contribution in [0.5, 0.6) is 0 Å². The first-order valence-electron chi connectivity index (χ1n) is 9.48. The van der Waals surface area contributed by atoms with Crippen molar-refractivity contribution in [3.05, 3.63) is 93.7 Å². The van der Waals surface area contributed by atoms with E-state index in [0.29, 0.717) is 27.6 Å². The molecule has 0 fully saturated rings. The molecule has 10 heteroatoms. The van der Waals surface area contributed by atoms with Crippen molar-refractivity contribution in [1.82, 2.24) is 14.0 Å². The maximum Gasteiger partial charge on any atom is 0.282 e. The SMILES string of the molecule is Cc1nc2ccc(C(=O)N(N)S(=O)(=O)c3ccc(Cl)cc3)cc2n1Cc1ccccc1Cl. The molecular weight excluding hydrogens is 471 g/mol. The van der Waals surface area contributed by atoms with Gasteiger partial charge in [-0.25, -0.2) is 10.8 Å². The third kappa shape index (κ3) is 4.10. The van der Waals surface area contributed by atoms with Crippen molar-refractivity contribution in [2.24, 2.45) is 5.84 Å². The van der Waals surface area contributed by atoms with Crippen LogP contribution in [0, 0.1) is 6.92 Å². The molecule has 0 radical (unpaired) electrons. The molecule has 4 rings (SSSR count). The number of aryl methyl sites for hydroxylation is 1. The van der Waals surface area contributed by atoms with Gasteiger partial charge < -0.3 is 4.57 Å². The van der Waals surface area contributed by atoms with Crippen molar-refractivity contribution in [3.63, 3.8) is 0 Å². The number of sulfonamides is 1. The zero-order valence-corrected chi connectivity index (χ0v) is 19.2. The number of hydrazine groups is 1. The van der Waals surface area contributed by atoms with Gasteiger partial charge in [0.1, 0.15) is 5.82 Å². The highest BCUT2D eigenvalue weighted by Gasteiger charge is 2.28. The van der Waals surface area contributed by atoms with Crippen molar-refractivity contribution in [1.29, 1.82) is 0 Å². The second-order valence-corrected chi connectivity index (χ2v) is 9.76. The van der Waals surface area contributed by atoms with Gasteiger partial charge in [0.05, 0.1) is 22.5 Å². The highest BCUT2D eigenvalue weighted by atomic mass is 35.5. The van der Waals surface area contributed by atoms with Gasteiger partial charge in [0.2, 0.25) is 0 Å². The Bertz CT molecular complexity index is 1430. The van der Waals surface area contributed by atoms with Crippen LogP contribution in [0.2, 0.25) is 10.0 Å². The molecule has 0 aliphatic heterocycles. The highest BCUT2D eigenvalue weighted by Crippen LogP contribution is 2.24. The number of aromatic nitrogens is 2. The summed E-state index contributed by atoms with van der Waals surface area (Å²) in [6, 6.07) is 17.6. The van der Waals surface area contributed by atoms with Gasteiger partial charge in [-0.05, 0) is 61.0 Å². The second kappa shape index (κ2) is 8.55. The molecule has 0 aliphatic carbocycles. The minimum atomic E-state index is -4.25. The molecule has 1 aromatic heterocycles. The van der Waals surface area contributed by atoms with E-state index in [1.165, 1.54) is 30.3 Å². The van der Waals surface area contributed by atoms with Crippen LogP contribution in [0.1, 0.15) is 21.7 Å². The van der Waals surface area contributed by atoms with Gasteiger partial charge in [0.15, 0.2) is 0 Å². The molecule has 3 aromatic carbocycles. The number of nitrogens with zero attached hydrogens (tertiary/aromatic N) is 3. The van der Waals surface area contributed by atoms with E-state index in [1.807, 2.05) is 29.7 Å². The Balaban J connectivity index is 1.71. The summed E-state index contributed by atoms with van der Waals surface area (Å²) in [6.45, 7) is 2.29. The van der Waals surface area contributed by atoms with Crippen molar-refractivity contribution in [2.75, 3.05) is 0 Å². The number of nitrogens with two attached hydrogens (primary N) is 1. The first kappa shape index (κ1) is 22.3. The molecule has 4 aromatic rings. The van der Waals surface area contributed by atoms with E-state index in [0.717, 1.165) is 11.4 Å². The van der Waals surface area contributed by atoms with E-state index in [-0.39, 0.29) is 14.9 Å². The fourth-order valence-corrected chi connectivity index (χ4v) is 4.68. The molecule has 0 bridgehead atoms. The molecule has 0 atom stereocenters. The van der Waals surface area contributed by atoms with E-state index in [4.69, 9.17) is 29.0 Å². The Labute approximate surface area is 195 Å². The van der Waals surface area contributed by atoms with Crippen molar-refractivity contribution in [2.45, 2.75) is 18.4 Å². The third-order valence-electron chi connectivity index (χ3n) is 5.04. The lowest BCUT2D eigenvalue weighted by molar-refractivity contribution is 0.0861. The van der Waals surface area contributed by atoms with E-state index in [2.05, 4.69) is 4.98 Å². The minimum Gasteiger partial charge on any atom is -0.324 e. The van der Waals surface area contributed by atoms with Crippen LogP contribution in [0.25, 0.3) is 11.0 Å². The summed E-state index contributed by atoms with van der Waals surface area (Å²) in [6.07, 6.45) is 0. The van der Waals surface area contributed by atoms with Crippen LogP contribution in [-0.4, -0.2) is 28.3 Å². The predicted molar refractivity (Wildman–Crippen MR) is 124 cm³/mol. The number of halogens is 2. The topological polar surface area (TPSA) is 98.3 Å². The number of benzene rings is 3. The van der Waals surface area contributed by atoms with Crippen LogP contribution < -0.4 is 5.84 Å². The summed E-state index contributed by atoms with van der Waals surface area (Å²) < 4.78 is 27.7. The van der Waals surface area contributed by atoms with Gasteiger partial charge in [-0.3, -0.25) is 4.79 Å². The summed E-state index contributed by atoms with van der Waals surface area (Å²) in [5, 5.41) is 0.981. The largest absolute Gasteiger partial charge is 0.324 e. The number of rotatable bonds is 5. The fraction of sp³-hybridized carbons (Fsp3) is 0.0909. The number of carbonyl (C=O) groups is 1. The number of fused-ring (bicyclic) bond motifs is 1. The number of amides is 1. The average molecular weight is 489 g/mol. The zero-order valence-electron chi connectivity index (χ0n) is 16.9. The smallest absolute Gasteiger partial charge is 0.282 e. The van der Waals surface area contributed by atoms with Gasteiger partial charge >= 0.3 is 0 Å². The summed E-state index contributed by atoms with van der Waals surface area (Å²) in [5.74, 6) is 5.61. The quantitative estimate of drug-likeness (QED) is 0.255. The molecule has 7 nitrogen and oxygen atoms in total. The number of hydrogen-bond donors (Lipinski definition) is 1. The summed E-state index contributed by atoms with van der Waals surface area (Å²) in [7, 11) is -4.25. The number of carbonyl (C=O) groups excluding carboxylic acids is 1. The molecule has 0 unspecified atom stereocenters. The molecule has 0 aliphatic rings. The van der Waals surface area contributed by atoms with Crippen LogP contribution in [0.3, 0.4) is 0 Å². The highest BCUT2D eigenvalue weighted by molar-refractivity contribution is 7.89. The Morgan fingerprint density at radius 1 is 1.06 bits per heavy atom. The summed E-state index contributed by atoms with van der Waals surface area (Å²) in [5.41, 5.74) is 2.32. The Kier molecular flexibility index (Phi) is 5.96. The molecule has 2 N–H and O–H groups in total. The molecule has 1 heterocycles. The van der Waals surface area contributed by atoms with Crippen LogP contribution >= 0.6 is 23.2 Å². The Hall–Kier alpha value is -2.91. The predicted octanol–water partition coefficient (Wildman–Crippen LogP) is 4.40. The average Bonchev–Trinajstić information content (AvgIpc) is 3.08. The van der Waals surface area contributed by atoms with Crippen LogP contribution in [-0.2, 0) is 16.6 Å². The van der Waals surface area contributed by atoms with Crippen LogP contribution in [0.4, 0.5) is 0 Å². The Morgan fingerprint density at radius 3 is 2.44 bits per heavy atom. The minimum absolute atomic E-state index is 0.109. The van der Waals surface area contributed by atoms with Crippen LogP contribution in [0.15, 0.2) is 71.6 Å². The molecule has 164 valence electrons. The third-order valence-corrected chi connectivity index (χ3v) is 7.22. The molecule has 1 amide bonds. The maximum atomic E-state index is 13.0. The second-order valence-electron chi connectivity index (χ2n) is 7.10. The van der Waals surface area contributed by atoms with Gasteiger partial charge in [0.25, 0.3) is 15.9 Å². The molecular formula is C22H18Cl2N4O3S. The van der Waals surface area contributed by atoms with Gasteiger partial charge in [-0.2, -0.15) is 12.8 Å². The van der Waals surface area contributed by atoms with Crippen molar-refractivity contribution in [3.8, 4) is 0 Å². The molecule has 32 heavy (non-hydrogen) atoms. The van der Waals surface area contributed by atoms with E-state index < -0.39 is 15.9 Å². The number of imidazole rings is 1. The monoisotopic (exact) mass is 488 g/mol. The first-order valence-corrected chi connectivity index (χ1v) is 11.7. The molecule has 0 spiro atoms. The fourth-order valence-electron chi connectivity index (χ4n) is 3.33. The first-order chi connectivity index (χ1) is 15.2. The van der Waals surface area contributed by atoms with Gasteiger partial charge in [-0.15, -0.1) is 0 Å². The zero-order chi connectivity index (χ0) is 23.0. The maximum absolute atomic E-state index is 13.0. The van der Waals surface area contributed by atoms with Gasteiger partial charge in [-0.1, -0.05) is 41.4 Å². The molecule has 0 saturated carbocycles. The lowest BCUT2D eigenvalue weighted by Gasteiger charge is -2.17. The Morgan fingerprint density at radius 2 is 1.75 bits per heavy atom. The normalized spacial score (nSPS) is 11.6. The van der Waals surface area contributed by atoms with Crippen molar-refractivity contribution < 1.29 is 13.2 Å². The van der Waals surface area contributed by atoms with E-state index in [1.54, 1.807) is 18.2 Å². The lowest BCUT2D eigenvalue weighted by atomic mass is 10.1. The standard InChI is InChI=1S/C22H18Cl2N4O3S/c1-14-26-20-11-6-15(12-21(20)27(14)13-16-4-2-3-5-19(16)24)22(29)28(25)32(30,31)18-9-7-17(23)8-10-18/h2-12H,13,25H2,1H3. The summed E-state index contributed by atoms with van der Waals surface area (Å²) in [4.78, 5) is 17.3. The molecule has 0 saturated heterocycles.